The molecule has 4 atom stereocenters. The van der Waals surface area contributed by atoms with Crippen LogP contribution in [0.5, 0.6) is 0 Å². The van der Waals surface area contributed by atoms with Crippen molar-refractivity contribution in [1.82, 2.24) is 0 Å². The summed E-state index contributed by atoms with van der Waals surface area (Å²) in [5.41, 5.74) is 0. The molecular formula is C22H42O5Si. The van der Waals surface area contributed by atoms with Crippen LogP contribution in [0.15, 0.2) is 0 Å². The second kappa shape index (κ2) is 9.88. The molecule has 28 heavy (non-hydrogen) atoms. The van der Waals surface area contributed by atoms with Gasteiger partial charge in [-0.25, -0.2) is 0 Å². The molecule has 0 aromatic rings. The van der Waals surface area contributed by atoms with Gasteiger partial charge >= 0.3 is 0 Å². The molecule has 2 unspecified atom stereocenters. The molecule has 0 amide bonds. The van der Waals surface area contributed by atoms with Crippen molar-refractivity contribution in [2.24, 2.45) is 0 Å². The summed E-state index contributed by atoms with van der Waals surface area (Å²) in [6.07, 6.45) is 9.83. The Hall–Kier alpha value is 0.0169. The summed E-state index contributed by atoms with van der Waals surface area (Å²) in [6.45, 7) is 13.2. The molecular weight excluding hydrogens is 372 g/mol. The molecule has 3 aliphatic rings. The van der Waals surface area contributed by atoms with E-state index in [1.54, 1.807) is 0 Å². The fourth-order valence-electron chi connectivity index (χ4n) is 4.15. The number of hydrogen-bond acceptors (Lipinski definition) is 5. The van der Waals surface area contributed by atoms with Gasteiger partial charge in [-0.3, -0.25) is 0 Å². The lowest BCUT2D eigenvalue weighted by Crippen LogP contribution is -2.48. The van der Waals surface area contributed by atoms with E-state index in [0.717, 1.165) is 58.2 Å². The number of ether oxygens (including phenoxy) is 4. The van der Waals surface area contributed by atoms with E-state index in [4.69, 9.17) is 23.4 Å². The Morgan fingerprint density at radius 1 is 0.714 bits per heavy atom. The fourth-order valence-corrected chi connectivity index (χ4v) is 5.53. The van der Waals surface area contributed by atoms with Crippen molar-refractivity contribution in [2.45, 2.75) is 128 Å². The van der Waals surface area contributed by atoms with Crippen molar-refractivity contribution in [1.29, 1.82) is 0 Å². The predicted octanol–water partition coefficient (Wildman–Crippen LogP) is 5.38. The van der Waals surface area contributed by atoms with Gasteiger partial charge in [-0.2, -0.15) is 0 Å². The minimum absolute atomic E-state index is 0.0584. The lowest BCUT2D eigenvalue weighted by molar-refractivity contribution is -0.231. The van der Waals surface area contributed by atoms with Crippen LogP contribution in [0.2, 0.25) is 18.1 Å². The summed E-state index contributed by atoms with van der Waals surface area (Å²) in [7, 11) is -1.83. The maximum Gasteiger partial charge on any atom is 0.192 e. The summed E-state index contributed by atoms with van der Waals surface area (Å²) in [5, 5.41) is 0.204. The van der Waals surface area contributed by atoms with Gasteiger partial charge in [-0.05, 0) is 69.5 Å². The topological polar surface area (TPSA) is 46.2 Å². The second-order valence-corrected chi connectivity index (χ2v) is 15.1. The molecule has 0 radical (unpaired) electrons. The molecule has 0 bridgehead atoms. The molecule has 2 aliphatic heterocycles. The Kier molecular flexibility index (Phi) is 8.01. The van der Waals surface area contributed by atoms with Gasteiger partial charge in [0.25, 0.3) is 0 Å². The van der Waals surface area contributed by atoms with Crippen molar-refractivity contribution in [2.75, 3.05) is 13.2 Å². The second-order valence-electron chi connectivity index (χ2n) is 10.3. The third-order valence-corrected chi connectivity index (χ3v) is 11.3. The highest BCUT2D eigenvalue weighted by Crippen LogP contribution is 2.40. The molecule has 3 fully saturated rings. The van der Waals surface area contributed by atoms with Crippen LogP contribution in [0.4, 0.5) is 0 Å². The first-order chi connectivity index (χ1) is 13.2. The van der Waals surface area contributed by atoms with Gasteiger partial charge < -0.3 is 23.4 Å². The third-order valence-electron chi connectivity index (χ3n) is 6.81. The van der Waals surface area contributed by atoms with Crippen LogP contribution in [0, 0.1) is 0 Å². The molecule has 0 aromatic heterocycles. The van der Waals surface area contributed by atoms with Crippen molar-refractivity contribution >= 4 is 8.32 Å². The SMILES string of the molecule is CC(C)(C)[Si](C)(C)OC1C[C@H](OC2CCCCO2)C[C@@H](OC2CCCCO2)C1. The predicted molar refractivity (Wildman–Crippen MR) is 113 cm³/mol. The van der Waals surface area contributed by atoms with Gasteiger partial charge in [0.2, 0.25) is 0 Å². The number of rotatable bonds is 6. The van der Waals surface area contributed by atoms with Gasteiger partial charge in [0.15, 0.2) is 20.9 Å². The van der Waals surface area contributed by atoms with Crippen molar-refractivity contribution in [3.8, 4) is 0 Å². The molecule has 1 aliphatic carbocycles. The minimum Gasteiger partial charge on any atom is -0.414 e. The van der Waals surface area contributed by atoms with E-state index < -0.39 is 8.32 Å². The molecule has 3 rings (SSSR count). The van der Waals surface area contributed by atoms with Gasteiger partial charge in [0.05, 0.1) is 12.2 Å². The lowest BCUT2D eigenvalue weighted by Gasteiger charge is -2.44. The van der Waals surface area contributed by atoms with E-state index in [1.165, 1.54) is 12.8 Å². The summed E-state index contributed by atoms with van der Waals surface area (Å²) in [6, 6.07) is 0. The van der Waals surface area contributed by atoms with Crippen LogP contribution in [0.25, 0.3) is 0 Å². The summed E-state index contributed by atoms with van der Waals surface area (Å²) in [5.74, 6) is 0. The maximum atomic E-state index is 6.78. The first kappa shape index (κ1) is 22.7. The normalized spacial score (nSPS) is 35.7. The van der Waals surface area contributed by atoms with Crippen LogP contribution in [0.3, 0.4) is 0 Å². The molecule has 1 saturated carbocycles. The van der Waals surface area contributed by atoms with Crippen molar-refractivity contribution in [3.05, 3.63) is 0 Å². The van der Waals surface area contributed by atoms with Gasteiger partial charge in [-0.1, -0.05) is 20.8 Å². The van der Waals surface area contributed by atoms with Crippen molar-refractivity contribution in [3.63, 3.8) is 0 Å². The van der Waals surface area contributed by atoms with E-state index in [1.807, 2.05) is 0 Å². The van der Waals surface area contributed by atoms with Crippen LogP contribution < -0.4 is 0 Å². The fraction of sp³-hybridized carbons (Fsp3) is 1.00. The van der Waals surface area contributed by atoms with E-state index in [-0.39, 0.29) is 35.9 Å². The van der Waals surface area contributed by atoms with E-state index >= 15 is 0 Å². The third kappa shape index (κ3) is 6.51. The maximum absolute atomic E-state index is 6.78. The number of hydrogen-bond donors (Lipinski definition) is 0. The van der Waals surface area contributed by atoms with Crippen LogP contribution in [-0.4, -0.2) is 52.4 Å². The highest BCUT2D eigenvalue weighted by atomic mass is 28.4. The Balaban J connectivity index is 1.62. The van der Waals surface area contributed by atoms with E-state index in [0.29, 0.717) is 0 Å². The zero-order chi connectivity index (χ0) is 20.2. The molecule has 0 aromatic carbocycles. The highest BCUT2D eigenvalue weighted by Gasteiger charge is 2.42. The summed E-state index contributed by atoms with van der Waals surface area (Å²) in [4.78, 5) is 0. The zero-order valence-corrected chi connectivity index (χ0v) is 19.7. The van der Waals surface area contributed by atoms with Gasteiger partial charge in [0, 0.05) is 25.7 Å². The molecule has 5 nitrogen and oxygen atoms in total. The summed E-state index contributed by atoms with van der Waals surface area (Å²) < 4.78 is 31.2. The zero-order valence-electron chi connectivity index (χ0n) is 18.7. The average molecular weight is 415 g/mol. The molecule has 2 saturated heterocycles. The first-order valence-corrected chi connectivity index (χ1v) is 14.4. The molecule has 6 heteroatoms. The monoisotopic (exact) mass is 414 g/mol. The Morgan fingerprint density at radius 2 is 1.18 bits per heavy atom. The van der Waals surface area contributed by atoms with E-state index in [9.17, 15) is 0 Å². The van der Waals surface area contributed by atoms with Crippen LogP contribution in [-0.2, 0) is 23.4 Å². The van der Waals surface area contributed by atoms with Crippen LogP contribution in [0.1, 0.15) is 78.6 Å². The molecule has 2 heterocycles. The largest absolute Gasteiger partial charge is 0.414 e. The first-order valence-electron chi connectivity index (χ1n) is 11.4. The highest BCUT2D eigenvalue weighted by molar-refractivity contribution is 6.74. The minimum atomic E-state index is -1.83. The van der Waals surface area contributed by atoms with Crippen molar-refractivity contribution < 1.29 is 23.4 Å². The Bertz CT molecular complexity index is 438. The molecule has 0 N–H and O–H groups in total. The quantitative estimate of drug-likeness (QED) is 0.546. The Morgan fingerprint density at radius 3 is 1.57 bits per heavy atom. The lowest BCUT2D eigenvalue weighted by atomic mass is 9.92. The van der Waals surface area contributed by atoms with Gasteiger partial charge in [0.1, 0.15) is 0 Å². The van der Waals surface area contributed by atoms with E-state index in [2.05, 4.69) is 33.9 Å². The molecule has 164 valence electrons. The van der Waals surface area contributed by atoms with Gasteiger partial charge in [-0.15, -0.1) is 0 Å². The standard InChI is InChI=1S/C22H42O5Si/c1-22(2,3)28(4,5)27-19-15-17(25-20-10-6-8-12-23-20)14-18(16-19)26-21-11-7-9-13-24-21/h17-21H,6-16H2,1-5H3/t17-,18-,19?,20?,21?/m1/s1. The average Bonchev–Trinajstić information content (AvgIpc) is 2.62. The summed E-state index contributed by atoms with van der Waals surface area (Å²) >= 11 is 0. The molecule has 0 spiro atoms. The van der Waals surface area contributed by atoms with Crippen LogP contribution >= 0.6 is 0 Å². The smallest absolute Gasteiger partial charge is 0.192 e. The Labute approximate surface area is 172 Å².